The summed E-state index contributed by atoms with van der Waals surface area (Å²) in [5, 5.41) is -0.291. The Morgan fingerprint density at radius 1 is 0.971 bits per heavy atom. The first-order chi connectivity index (χ1) is 16.6. The lowest BCUT2D eigenvalue weighted by Gasteiger charge is -2.50. The standard InChI is InChI=1S/C23H23ClF2O7S2/c24-14-1-3-15(4-2-14)35(29,30)23-8-9-32-20(7-10-34(27,28)16-11-31-12-16)17(23)13-33-22-19(26)6-5-18(25)21(22)23/h1-6,16-17,20H,7-13H2/t17-,20-,23-/m0/s1. The van der Waals surface area contributed by atoms with Crippen molar-refractivity contribution < 1.29 is 39.8 Å². The fraction of sp³-hybridized carbons (Fsp3) is 0.478. The third-order valence-electron chi connectivity index (χ3n) is 7.15. The SMILES string of the molecule is O=S(=O)(CC[C@@H]1OCC[C@@]2(S(=O)(=O)c3ccc(Cl)cc3)c3c(F)ccc(F)c3OC[C@@H]12)C1COC1. The zero-order chi connectivity index (χ0) is 25.0. The maximum atomic E-state index is 15.4. The van der Waals surface area contributed by atoms with Gasteiger partial charge in [0, 0.05) is 17.5 Å². The highest BCUT2D eigenvalue weighted by Gasteiger charge is 2.61. The topological polar surface area (TPSA) is 96.0 Å². The zero-order valence-corrected chi connectivity index (χ0v) is 20.8. The molecule has 0 unspecified atom stereocenters. The Kier molecular flexibility index (Phi) is 6.36. The van der Waals surface area contributed by atoms with Crippen molar-refractivity contribution in [2.75, 3.05) is 32.2 Å². The van der Waals surface area contributed by atoms with Crippen LogP contribution in [0.25, 0.3) is 0 Å². The molecule has 0 N–H and O–H groups in total. The molecule has 2 fully saturated rings. The van der Waals surface area contributed by atoms with Crippen LogP contribution in [-0.4, -0.2) is 60.4 Å². The van der Waals surface area contributed by atoms with E-state index in [1.165, 1.54) is 24.3 Å². The maximum Gasteiger partial charge on any atom is 0.189 e. The van der Waals surface area contributed by atoms with E-state index < -0.39 is 59.1 Å². The Balaban J connectivity index is 1.62. The first-order valence-corrected chi connectivity index (χ1v) is 14.7. The van der Waals surface area contributed by atoms with E-state index in [9.17, 15) is 21.2 Å². The molecule has 7 nitrogen and oxygen atoms in total. The summed E-state index contributed by atoms with van der Waals surface area (Å²) in [5.74, 6) is -3.46. The molecule has 190 valence electrons. The van der Waals surface area contributed by atoms with Gasteiger partial charge in [-0.3, -0.25) is 0 Å². The van der Waals surface area contributed by atoms with Crippen LogP contribution in [0.1, 0.15) is 18.4 Å². The van der Waals surface area contributed by atoms with E-state index in [1.54, 1.807) is 0 Å². The van der Waals surface area contributed by atoms with Gasteiger partial charge in [-0.25, -0.2) is 25.6 Å². The molecule has 0 saturated carbocycles. The second-order valence-electron chi connectivity index (χ2n) is 8.97. The number of sulfone groups is 2. The van der Waals surface area contributed by atoms with Crippen LogP contribution < -0.4 is 4.74 Å². The third kappa shape index (κ3) is 3.96. The number of ether oxygens (including phenoxy) is 3. The minimum absolute atomic E-state index is 0.0168. The van der Waals surface area contributed by atoms with Gasteiger partial charge in [-0.2, -0.15) is 0 Å². The molecule has 0 aliphatic carbocycles. The van der Waals surface area contributed by atoms with Gasteiger partial charge < -0.3 is 14.2 Å². The summed E-state index contributed by atoms with van der Waals surface area (Å²) in [6.07, 6.45) is -1.05. The van der Waals surface area contributed by atoms with Crippen LogP contribution in [0.15, 0.2) is 41.3 Å². The predicted molar refractivity (Wildman–Crippen MR) is 123 cm³/mol. The molecular weight excluding hydrogens is 526 g/mol. The van der Waals surface area contributed by atoms with Crippen LogP contribution in [0.2, 0.25) is 5.02 Å². The molecule has 0 amide bonds. The highest BCUT2D eigenvalue weighted by atomic mass is 35.5. The zero-order valence-electron chi connectivity index (χ0n) is 18.5. The summed E-state index contributed by atoms with van der Waals surface area (Å²) in [5.41, 5.74) is -0.382. The minimum atomic E-state index is -4.34. The van der Waals surface area contributed by atoms with E-state index in [-0.39, 0.29) is 55.5 Å². The number of rotatable bonds is 6. The number of hydrogen-bond donors (Lipinski definition) is 0. The quantitative estimate of drug-likeness (QED) is 0.546. The molecule has 0 spiro atoms. The van der Waals surface area contributed by atoms with Crippen molar-refractivity contribution in [1.29, 1.82) is 0 Å². The highest BCUT2D eigenvalue weighted by molar-refractivity contribution is 7.92. The van der Waals surface area contributed by atoms with E-state index in [0.29, 0.717) is 5.02 Å². The van der Waals surface area contributed by atoms with Gasteiger partial charge in [0.15, 0.2) is 31.2 Å². The summed E-state index contributed by atoms with van der Waals surface area (Å²) in [6.45, 7) is -0.131. The lowest BCUT2D eigenvalue weighted by atomic mass is 9.75. The number of halogens is 3. The van der Waals surface area contributed by atoms with Gasteiger partial charge in [0.2, 0.25) is 0 Å². The fourth-order valence-electron chi connectivity index (χ4n) is 5.20. The molecule has 3 heterocycles. The molecule has 3 atom stereocenters. The van der Waals surface area contributed by atoms with Crippen molar-refractivity contribution in [3.05, 3.63) is 58.6 Å². The van der Waals surface area contributed by atoms with Gasteiger partial charge in [0.25, 0.3) is 0 Å². The molecule has 2 aromatic rings. The van der Waals surface area contributed by atoms with Crippen molar-refractivity contribution in [1.82, 2.24) is 0 Å². The molecule has 5 rings (SSSR count). The molecular formula is C23H23ClF2O7S2. The Labute approximate surface area is 207 Å². The summed E-state index contributed by atoms with van der Waals surface area (Å²) < 4.78 is 98.3. The van der Waals surface area contributed by atoms with Crippen molar-refractivity contribution in [2.45, 2.75) is 33.8 Å². The summed E-state index contributed by atoms with van der Waals surface area (Å²) in [4.78, 5) is -0.108. The maximum absolute atomic E-state index is 15.4. The Morgan fingerprint density at radius 3 is 2.31 bits per heavy atom. The van der Waals surface area contributed by atoms with Crippen LogP contribution in [-0.2, 0) is 33.9 Å². The van der Waals surface area contributed by atoms with E-state index in [0.717, 1.165) is 12.1 Å². The number of fused-ring (bicyclic) bond motifs is 3. The van der Waals surface area contributed by atoms with Crippen molar-refractivity contribution in [3.63, 3.8) is 0 Å². The number of hydrogen-bond acceptors (Lipinski definition) is 7. The second-order valence-corrected chi connectivity index (χ2v) is 14.0. The predicted octanol–water partition coefficient (Wildman–Crippen LogP) is 3.29. The van der Waals surface area contributed by atoms with Gasteiger partial charge in [0.1, 0.15) is 15.8 Å². The molecule has 35 heavy (non-hydrogen) atoms. The van der Waals surface area contributed by atoms with Crippen LogP contribution in [0.3, 0.4) is 0 Å². The van der Waals surface area contributed by atoms with E-state index in [2.05, 4.69) is 0 Å². The highest BCUT2D eigenvalue weighted by Crippen LogP contribution is 2.56. The van der Waals surface area contributed by atoms with Gasteiger partial charge in [-0.05, 0) is 49.2 Å². The molecule has 3 aliphatic rings. The Bertz CT molecular complexity index is 1340. The average molecular weight is 549 g/mol. The molecule has 0 aromatic heterocycles. The summed E-state index contributed by atoms with van der Waals surface area (Å²) in [6, 6.07) is 7.23. The third-order valence-corrected chi connectivity index (χ3v) is 12.1. The van der Waals surface area contributed by atoms with Crippen LogP contribution in [0.5, 0.6) is 5.75 Å². The Hall–Kier alpha value is -1.79. The van der Waals surface area contributed by atoms with Gasteiger partial charge >= 0.3 is 0 Å². The first kappa shape index (κ1) is 24.9. The lowest BCUT2D eigenvalue weighted by molar-refractivity contribution is -0.0733. The van der Waals surface area contributed by atoms with Gasteiger partial charge in [0.05, 0.1) is 42.1 Å². The van der Waals surface area contributed by atoms with Crippen molar-refractivity contribution >= 4 is 31.3 Å². The largest absolute Gasteiger partial charge is 0.490 e. The van der Waals surface area contributed by atoms with Gasteiger partial charge in [-0.15, -0.1) is 0 Å². The van der Waals surface area contributed by atoms with Gasteiger partial charge in [-0.1, -0.05) is 11.6 Å². The van der Waals surface area contributed by atoms with E-state index >= 15 is 4.39 Å². The van der Waals surface area contributed by atoms with Crippen LogP contribution in [0.4, 0.5) is 8.78 Å². The smallest absolute Gasteiger partial charge is 0.189 e. The molecule has 0 bridgehead atoms. The number of benzene rings is 2. The minimum Gasteiger partial charge on any atom is -0.490 e. The average Bonchev–Trinajstić information content (AvgIpc) is 2.78. The fourth-order valence-corrected chi connectivity index (χ4v) is 9.17. The molecule has 12 heteroatoms. The normalized spacial score (nSPS) is 26.8. The van der Waals surface area contributed by atoms with E-state index in [1.807, 2.05) is 0 Å². The molecule has 2 aromatic carbocycles. The first-order valence-electron chi connectivity index (χ1n) is 11.1. The van der Waals surface area contributed by atoms with Crippen molar-refractivity contribution in [3.8, 4) is 5.75 Å². The molecule has 2 saturated heterocycles. The monoisotopic (exact) mass is 548 g/mol. The lowest BCUT2D eigenvalue weighted by Crippen LogP contribution is -2.58. The molecule has 3 aliphatic heterocycles. The van der Waals surface area contributed by atoms with E-state index in [4.69, 9.17) is 25.8 Å². The van der Waals surface area contributed by atoms with Crippen molar-refractivity contribution in [2.24, 2.45) is 5.92 Å². The molecule has 0 radical (unpaired) electrons. The van der Waals surface area contributed by atoms with Crippen LogP contribution >= 0.6 is 11.6 Å². The van der Waals surface area contributed by atoms with Crippen LogP contribution in [0, 0.1) is 17.6 Å². The second kappa shape index (κ2) is 8.95. The summed E-state index contributed by atoms with van der Waals surface area (Å²) in [7, 11) is -7.84. The summed E-state index contributed by atoms with van der Waals surface area (Å²) >= 11 is 5.95. The Morgan fingerprint density at radius 2 is 1.66 bits per heavy atom.